The first-order valence-corrected chi connectivity index (χ1v) is 5.71. The van der Waals surface area contributed by atoms with Crippen molar-refractivity contribution in [1.82, 2.24) is 4.57 Å². The zero-order valence-corrected chi connectivity index (χ0v) is 12.6. The van der Waals surface area contributed by atoms with Crippen LogP contribution in [-0.2, 0) is 45.6 Å². The van der Waals surface area contributed by atoms with Crippen LogP contribution in [0.2, 0.25) is 0 Å². The van der Waals surface area contributed by atoms with Crippen molar-refractivity contribution in [3.8, 4) is 0 Å². The van der Waals surface area contributed by atoms with Gasteiger partial charge in [0.2, 0.25) is 0 Å². The summed E-state index contributed by atoms with van der Waals surface area (Å²) in [6.07, 6.45) is 5.09. The molecule has 1 aliphatic carbocycles. The first-order valence-electron chi connectivity index (χ1n) is 5.71. The molecule has 16 heavy (non-hydrogen) atoms. The maximum absolute atomic E-state index is 4.17. The number of nitrogens with zero attached hydrogens (tertiary/aromatic N) is 1. The fourth-order valence-electron chi connectivity index (χ4n) is 2.75. The second-order valence-corrected chi connectivity index (χ2v) is 4.58. The minimum Gasteiger partial charge on any atom is -0.484 e. The van der Waals surface area contributed by atoms with Crippen LogP contribution in [0.1, 0.15) is 29.7 Å². The monoisotopic (exact) mass is 287 g/mol. The van der Waals surface area contributed by atoms with Gasteiger partial charge in [0.1, 0.15) is 0 Å². The predicted octanol–water partition coefficient (Wildman–Crippen LogP) is 3.47. The maximum Gasteiger partial charge on any atom is 0 e. The van der Waals surface area contributed by atoms with Crippen LogP contribution in [0.15, 0.2) is 18.2 Å². The number of aryl methyl sites for hydroxylation is 2. The molecule has 0 aliphatic heterocycles. The largest absolute Gasteiger partial charge is 0.484 e. The number of aromatic nitrogens is 1. The molecule has 1 aromatic carbocycles. The SMILES string of the molecule is [CH2-]n1c2c(c3cc(C)ccc31)CCCC2.[Y]. The topological polar surface area (TPSA) is 4.93 Å². The van der Waals surface area contributed by atoms with Crippen LogP contribution in [0.25, 0.3) is 10.9 Å². The molecule has 0 atom stereocenters. The Hall–Kier alpha value is -0.266. The molecule has 0 unspecified atom stereocenters. The van der Waals surface area contributed by atoms with Gasteiger partial charge in [-0.25, -0.2) is 0 Å². The number of fused-ring (bicyclic) bond motifs is 3. The molecule has 1 aromatic heterocycles. The number of hydrogen-bond acceptors (Lipinski definition) is 0. The van der Waals surface area contributed by atoms with Gasteiger partial charge in [0, 0.05) is 32.7 Å². The minimum absolute atomic E-state index is 0. The van der Waals surface area contributed by atoms with E-state index in [0.717, 1.165) is 0 Å². The van der Waals surface area contributed by atoms with Crippen molar-refractivity contribution < 1.29 is 32.7 Å². The fourth-order valence-corrected chi connectivity index (χ4v) is 2.75. The summed E-state index contributed by atoms with van der Waals surface area (Å²) in [6, 6.07) is 6.69. The maximum atomic E-state index is 4.17. The van der Waals surface area contributed by atoms with E-state index in [9.17, 15) is 0 Å². The Morgan fingerprint density at radius 2 is 1.94 bits per heavy atom. The Kier molecular flexibility index (Phi) is 3.46. The molecule has 1 nitrogen and oxygen atoms in total. The third-order valence-electron chi connectivity index (χ3n) is 3.53. The van der Waals surface area contributed by atoms with Gasteiger partial charge >= 0.3 is 0 Å². The van der Waals surface area contributed by atoms with Crippen molar-refractivity contribution in [1.29, 1.82) is 0 Å². The van der Waals surface area contributed by atoms with Crippen LogP contribution < -0.4 is 0 Å². The van der Waals surface area contributed by atoms with Crippen LogP contribution in [0.5, 0.6) is 0 Å². The van der Waals surface area contributed by atoms with E-state index in [-0.39, 0.29) is 32.7 Å². The van der Waals surface area contributed by atoms with Gasteiger partial charge in [0.15, 0.2) is 0 Å². The van der Waals surface area contributed by atoms with Gasteiger partial charge in [-0.05, 0) is 13.3 Å². The Balaban J connectivity index is 0.000000963. The van der Waals surface area contributed by atoms with Crippen molar-refractivity contribution in [3.63, 3.8) is 0 Å². The van der Waals surface area contributed by atoms with E-state index in [2.05, 4.69) is 36.7 Å². The van der Waals surface area contributed by atoms with E-state index >= 15 is 0 Å². The number of benzene rings is 1. The van der Waals surface area contributed by atoms with E-state index in [1.165, 1.54) is 47.8 Å². The third kappa shape index (κ3) is 1.74. The molecule has 0 fully saturated rings. The summed E-state index contributed by atoms with van der Waals surface area (Å²) in [7, 11) is 4.17. The van der Waals surface area contributed by atoms with Crippen molar-refractivity contribution in [2.45, 2.75) is 32.6 Å². The fraction of sp³-hybridized carbons (Fsp3) is 0.357. The van der Waals surface area contributed by atoms with Gasteiger partial charge in [0.05, 0.1) is 0 Å². The zero-order chi connectivity index (χ0) is 10.4. The van der Waals surface area contributed by atoms with Crippen molar-refractivity contribution in [2.75, 3.05) is 0 Å². The van der Waals surface area contributed by atoms with E-state index < -0.39 is 0 Å². The molecule has 0 bridgehead atoms. The van der Waals surface area contributed by atoms with E-state index in [1.54, 1.807) is 5.56 Å². The molecule has 0 saturated heterocycles. The molecule has 2 aromatic rings. The Morgan fingerprint density at radius 1 is 1.19 bits per heavy atom. The quantitative estimate of drug-likeness (QED) is 0.654. The number of rotatable bonds is 0. The summed E-state index contributed by atoms with van der Waals surface area (Å²) in [4.78, 5) is 0. The van der Waals surface area contributed by atoms with E-state index in [0.29, 0.717) is 0 Å². The van der Waals surface area contributed by atoms with Crippen molar-refractivity contribution in [3.05, 3.63) is 42.1 Å². The minimum atomic E-state index is 0. The van der Waals surface area contributed by atoms with Gasteiger partial charge in [0.25, 0.3) is 0 Å². The molecule has 0 saturated carbocycles. The molecule has 81 valence electrons. The van der Waals surface area contributed by atoms with Crippen molar-refractivity contribution in [2.24, 2.45) is 0 Å². The predicted molar refractivity (Wildman–Crippen MR) is 64.1 cm³/mol. The summed E-state index contributed by atoms with van der Waals surface area (Å²) in [5.41, 5.74) is 5.66. The second kappa shape index (κ2) is 4.54. The molecule has 0 N–H and O–H groups in total. The smallest absolute Gasteiger partial charge is 0 e. The molecular formula is C14H16NY-. The van der Waals surface area contributed by atoms with Crippen LogP contribution >= 0.6 is 0 Å². The van der Waals surface area contributed by atoms with Gasteiger partial charge in [-0.2, -0.15) is 0 Å². The van der Waals surface area contributed by atoms with E-state index in [4.69, 9.17) is 0 Å². The van der Waals surface area contributed by atoms with Crippen LogP contribution in [-0.4, -0.2) is 4.57 Å². The van der Waals surface area contributed by atoms with Crippen LogP contribution in [0, 0.1) is 14.0 Å². The molecule has 0 amide bonds. The molecule has 2 heteroatoms. The third-order valence-corrected chi connectivity index (χ3v) is 3.53. The first kappa shape index (κ1) is 12.2. The molecule has 1 radical (unpaired) electrons. The summed E-state index contributed by atoms with van der Waals surface area (Å²) in [6.45, 7) is 2.16. The first-order chi connectivity index (χ1) is 7.27. The summed E-state index contributed by atoms with van der Waals surface area (Å²) >= 11 is 0. The molecule has 1 aliphatic rings. The standard InChI is InChI=1S/C14H16N.Y/c1-10-7-8-14-12(9-10)11-5-3-4-6-13(11)15(14)2;/h7-9H,2-6H2,1H3;/q-1;. The Labute approximate surface area is 122 Å². The summed E-state index contributed by atoms with van der Waals surface area (Å²) < 4.78 is 2.14. The van der Waals surface area contributed by atoms with Gasteiger partial charge < -0.3 is 4.57 Å². The van der Waals surface area contributed by atoms with E-state index in [1.807, 2.05) is 0 Å². The molecule has 1 heterocycles. The normalized spacial score (nSPS) is 14.6. The zero-order valence-electron chi connectivity index (χ0n) is 9.79. The van der Waals surface area contributed by atoms with Gasteiger partial charge in [-0.3, -0.25) is 0 Å². The summed E-state index contributed by atoms with van der Waals surface area (Å²) in [5.74, 6) is 0. The van der Waals surface area contributed by atoms with Gasteiger partial charge in [-0.1, -0.05) is 65.2 Å². The Morgan fingerprint density at radius 3 is 2.75 bits per heavy atom. The summed E-state index contributed by atoms with van der Waals surface area (Å²) in [5, 5.41) is 1.43. The van der Waals surface area contributed by atoms with Gasteiger partial charge in [-0.15, -0.1) is 7.05 Å². The average molecular weight is 287 g/mol. The van der Waals surface area contributed by atoms with Crippen molar-refractivity contribution >= 4 is 10.9 Å². The molecule has 3 rings (SSSR count). The van der Waals surface area contributed by atoms with Crippen LogP contribution in [0.3, 0.4) is 0 Å². The number of hydrogen-bond donors (Lipinski definition) is 0. The molecule has 0 spiro atoms. The second-order valence-electron chi connectivity index (χ2n) is 4.58. The molecular weight excluding hydrogens is 271 g/mol. The Bertz CT molecular complexity index is 525. The average Bonchev–Trinajstić information content (AvgIpc) is 2.54. The van der Waals surface area contributed by atoms with Crippen LogP contribution in [0.4, 0.5) is 0 Å².